The van der Waals surface area contributed by atoms with Gasteiger partial charge in [0.2, 0.25) is 0 Å². The van der Waals surface area contributed by atoms with Gasteiger partial charge in [0.05, 0.1) is 7.11 Å². The number of hydrogen-bond acceptors (Lipinski definition) is 2. The molecule has 0 saturated heterocycles. The van der Waals surface area contributed by atoms with Gasteiger partial charge in [-0.15, -0.1) is 0 Å². The van der Waals surface area contributed by atoms with Crippen LogP contribution >= 0.6 is 0 Å². The summed E-state index contributed by atoms with van der Waals surface area (Å²) < 4.78 is 4.94. The van der Waals surface area contributed by atoms with E-state index in [0.29, 0.717) is 5.71 Å². The maximum absolute atomic E-state index is 7.12. The van der Waals surface area contributed by atoms with Crippen molar-refractivity contribution in [1.29, 1.82) is 5.41 Å². The highest BCUT2D eigenvalue weighted by molar-refractivity contribution is 5.90. The Kier molecular flexibility index (Phi) is 4.29. The lowest BCUT2D eigenvalue weighted by atomic mass is 10.3. The molecule has 2 nitrogen and oxygen atoms in total. The minimum Gasteiger partial charge on any atom is -0.497 e. The van der Waals surface area contributed by atoms with Crippen LogP contribution < -0.4 is 0 Å². The molecule has 0 radical (unpaired) electrons. The lowest BCUT2D eigenvalue weighted by molar-refractivity contribution is 0.307. The second-order valence-electron chi connectivity index (χ2n) is 1.93. The minimum atomic E-state index is 0.495. The second-order valence-corrected chi connectivity index (χ2v) is 1.93. The molecular formula is C8H13NO. The first-order valence-electron chi connectivity index (χ1n) is 3.14. The van der Waals surface area contributed by atoms with Gasteiger partial charge in [-0.3, -0.25) is 0 Å². The second kappa shape index (κ2) is 4.79. The maximum Gasteiger partial charge on any atom is 0.120 e. The van der Waals surface area contributed by atoms with Crippen LogP contribution in [0.4, 0.5) is 0 Å². The molecule has 2 heteroatoms. The predicted molar refractivity (Wildman–Crippen MR) is 43.3 cm³/mol. The molecule has 0 fully saturated rings. The molecule has 56 valence electrons. The van der Waals surface area contributed by atoms with Gasteiger partial charge in [-0.25, -0.2) is 0 Å². The minimum absolute atomic E-state index is 0.495. The summed E-state index contributed by atoms with van der Waals surface area (Å²) in [5.41, 5.74) is 0.495. The highest BCUT2D eigenvalue weighted by atomic mass is 16.5. The highest BCUT2D eigenvalue weighted by Gasteiger charge is 1.87. The third kappa shape index (κ3) is 3.89. The van der Waals surface area contributed by atoms with E-state index < -0.39 is 0 Å². The van der Waals surface area contributed by atoms with E-state index in [2.05, 4.69) is 0 Å². The van der Waals surface area contributed by atoms with Gasteiger partial charge in [0.15, 0.2) is 0 Å². The van der Waals surface area contributed by atoms with E-state index in [4.69, 9.17) is 10.1 Å². The van der Waals surface area contributed by atoms with Gasteiger partial charge in [-0.05, 0) is 19.9 Å². The van der Waals surface area contributed by atoms with E-state index in [1.165, 1.54) is 0 Å². The van der Waals surface area contributed by atoms with Crippen molar-refractivity contribution in [2.24, 2.45) is 0 Å². The Labute approximate surface area is 61.7 Å². The summed E-state index contributed by atoms with van der Waals surface area (Å²) in [5.74, 6) is 0.718. The molecule has 0 aromatic rings. The molecule has 0 aromatic carbocycles. The van der Waals surface area contributed by atoms with Gasteiger partial charge in [0.25, 0.3) is 0 Å². The average molecular weight is 139 g/mol. The summed E-state index contributed by atoms with van der Waals surface area (Å²) in [4.78, 5) is 0. The van der Waals surface area contributed by atoms with Crippen molar-refractivity contribution in [3.05, 3.63) is 24.0 Å². The van der Waals surface area contributed by atoms with Crippen LogP contribution in [0, 0.1) is 5.41 Å². The molecule has 0 aliphatic heterocycles. The predicted octanol–water partition coefficient (Wildman–Crippen LogP) is 2.13. The van der Waals surface area contributed by atoms with E-state index in [1.54, 1.807) is 20.1 Å². The number of allylic oxidation sites excluding steroid dienone is 3. The molecule has 1 N–H and O–H groups in total. The number of rotatable bonds is 3. The Morgan fingerprint density at radius 2 is 2.10 bits per heavy atom. The molecule has 0 bridgehead atoms. The number of ether oxygens (including phenoxy) is 1. The van der Waals surface area contributed by atoms with Crippen molar-refractivity contribution in [3.8, 4) is 0 Å². The van der Waals surface area contributed by atoms with E-state index in [1.807, 2.05) is 19.1 Å². The van der Waals surface area contributed by atoms with Crippen LogP contribution in [0.25, 0.3) is 0 Å². The zero-order chi connectivity index (χ0) is 7.98. The molecule has 0 atom stereocenters. The molecule has 0 aliphatic carbocycles. The largest absolute Gasteiger partial charge is 0.497 e. The molecule has 0 unspecified atom stereocenters. The Hall–Kier alpha value is -1.05. The Morgan fingerprint density at radius 1 is 1.50 bits per heavy atom. The number of nitrogens with one attached hydrogen (secondary N) is 1. The summed E-state index contributed by atoms with van der Waals surface area (Å²) in [5, 5.41) is 7.12. The lowest BCUT2D eigenvalue weighted by Gasteiger charge is -1.97. The van der Waals surface area contributed by atoms with E-state index in [9.17, 15) is 0 Å². The molecule has 0 heterocycles. The van der Waals surface area contributed by atoms with E-state index in [-0.39, 0.29) is 0 Å². The van der Waals surface area contributed by atoms with Crippen molar-refractivity contribution >= 4 is 5.71 Å². The molecule has 0 aliphatic rings. The fraction of sp³-hybridized carbons (Fsp3) is 0.375. The fourth-order valence-corrected chi connectivity index (χ4v) is 0.553. The third-order valence-electron chi connectivity index (χ3n) is 0.925. The van der Waals surface area contributed by atoms with Gasteiger partial charge in [-0.2, -0.15) is 0 Å². The van der Waals surface area contributed by atoms with Gasteiger partial charge in [0, 0.05) is 11.8 Å². The van der Waals surface area contributed by atoms with Crippen LogP contribution in [0.1, 0.15) is 13.8 Å². The third-order valence-corrected chi connectivity index (χ3v) is 0.925. The van der Waals surface area contributed by atoms with Crippen LogP contribution in [0.5, 0.6) is 0 Å². The lowest BCUT2D eigenvalue weighted by Crippen LogP contribution is -1.87. The van der Waals surface area contributed by atoms with Crippen LogP contribution in [0.3, 0.4) is 0 Å². The van der Waals surface area contributed by atoms with Gasteiger partial charge in [0.1, 0.15) is 5.76 Å². The SMILES string of the molecule is C/C=C\C(=C/C(C)=N)OC. The van der Waals surface area contributed by atoms with Crippen molar-refractivity contribution in [2.75, 3.05) is 7.11 Å². The molecular weight excluding hydrogens is 126 g/mol. The normalized spacial score (nSPS) is 12.1. The molecule has 0 saturated carbocycles. The molecule has 10 heavy (non-hydrogen) atoms. The summed E-state index contributed by atoms with van der Waals surface area (Å²) in [6.45, 7) is 3.62. The van der Waals surface area contributed by atoms with Crippen LogP contribution in [0.2, 0.25) is 0 Å². The average Bonchev–Trinajstić information content (AvgIpc) is 1.86. The Bertz CT molecular complexity index is 168. The maximum atomic E-state index is 7.12. The first-order valence-corrected chi connectivity index (χ1v) is 3.14. The summed E-state index contributed by atoms with van der Waals surface area (Å²) in [6, 6.07) is 0. The highest BCUT2D eigenvalue weighted by Crippen LogP contribution is 1.96. The van der Waals surface area contributed by atoms with Crippen LogP contribution in [-0.2, 0) is 4.74 Å². The van der Waals surface area contributed by atoms with Crippen molar-refractivity contribution in [2.45, 2.75) is 13.8 Å². The van der Waals surface area contributed by atoms with Crippen LogP contribution in [-0.4, -0.2) is 12.8 Å². The number of hydrogen-bond donors (Lipinski definition) is 1. The zero-order valence-electron chi connectivity index (χ0n) is 6.64. The van der Waals surface area contributed by atoms with E-state index in [0.717, 1.165) is 5.76 Å². The first kappa shape index (κ1) is 8.95. The van der Waals surface area contributed by atoms with Crippen molar-refractivity contribution in [3.63, 3.8) is 0 Å². The molecule has 0 aromatic heterocycles. The summed E-state index contributed by atoms with van der Waals surface area (Å²) >= 11 is 0. The van der Waals surface area contributed by atoms with Gasteiger partial charge >= 0.3 is 0 Å². The smallest absolute Gasteiger partial charge is 0.120 e. The topological polar surface area (TPSA) is 33.1 Å². The Morgan fingerprint density at radius 3 is 2.40 bits per heavy atom. The molecule has 0 amide bonds. The summed E-state index contributed by atoms with van der Waals surface area (Å²) in [7, 11) is 1.59. The van der Waals surface area contributed by atoms with Gasteiger partial charge in [-0.1, -0.05) is 6.08 Å². The standard InChI is InChI=1S/C8H13NO/c1-4-5-8(10-3)6-7(2)9/h4-6,9H,1-3H3/b5-4-,8-6+,9-7?. The molecule has 0 spiro atoms. The Balaban J connectivity index is 4.18. The monoisotopic (exact) mass is 139 g/mol. The quantitative estimate of drug-likeness (QED) is 0.362. The fourth-order valence-electron chi connectivity index (χ4n) is 0.553. The molecule has 0 rings (SSSR count). The van der Waals surface area contributed by atoms with Crippen molar-refractivity contribution < 1.29 is 4.74 Å². The van der Waals surface area contributed by atoms with Crippen LogP contribution in [0.15, 0.2) is 24.0 Å². The number of methoxy groups -OCH3 is 1. The van der Waals surface area contributed by atoms with E-state index >= 15 is 0 Å². The van der Waals surface area contributed by atoms with Crippen molar-refractivity contribution in [1.82, 2.24) is 0 Å². The van der Waals surface area contributed by atoms with Gasteiger partial charge < -0.3 is 10.1 Å². The summed E-state index contributed by atoms with van der Waals surface area (Å²) in [6.07, 6.45) is 5.36. The zero-order valence-corrected chi connectivity index (χ0v) is 6.64. The first-order chi connectivity index (χ1) is 4.70.